The van der Waals surface area contributed by atoms with E-state index in [-0.39, 0.29) is 0 Å². The van der Waals surface area contributed by atoms with E-state index in [9.17, 15) is 4.32 Å². The van der Waals surface area contributed by atoms with Crippen LogP contribution in [0.4, 0.5) is 4.32 Å². The Kier molecular flexibility index (Phi) is 4.72. The van der Waals surface area contributed by atoms with E-state index in [1.807, 2.05) is 6.92 Å². The van der Waals surface area contributed by atoms with Gasteiger partial charge in [-0.2, -0.15) is 11.6 Å². The maximum atomic E-state index is 12.1. The summed E-state index contributed by atoms with van der Waals surface area (Å²) in [5.41, 5.74) is 0. The van der Waals surface area contributed by atoms with E-state index in [1.54, 1.807) is 6.26 Å². The minimum Gasteiger partial charge on any atom is -0.320 e. The average molecular weight is 120 g/mol. The zero-order valence-corrected chi connectivity index (χ0v) is 5.59. The minimum atomic E-state index is -0.634. The molecule has 3 heteroatoms. The van der Waals surface area contributed by atoms with E-state index >= 15 is 0 Å². The second kappa shape index (κ2) is 4.50. The van der Waals surface area contributed by atoms with E-state index in [1.165, 1.54) is 11.6 Å². The van der Waals surface area contributed by atoms with E-state index < -0.39 is 6.27 Å². The third-order valence-electron chi connectivity index (χ3n) is 0.771. The molecule has 0 aromatic carbocycles. The van der Waals surface area contributed by atoms with Crippen LogP contribution in [0.25, 0.3) is 0 Å². The molecule has 0 aromatic heterocycles. The van der Waals surface area contributed by atoms with Gasteiger partial charge in [0, 0.05) is 0 Å². The van der Waals surface area contributed by atoms with Crippen molar-refractivity contribution in [3.63, 3.8) is 0 Å². The summed E-state index contributed by atoms with van der Waals surface area (Å²) >= 11 is 1.28. The van der Waals surface area contributed by atoms with Crippen LogP contribution in [-0.4, -0.2) is 12.5 Å². The molecule has 0 fully saturated rings. The summed E-state index contributed by atoms with van der Waals surface area (Å²) < 4.78 is 12.1. The lowest BCUT2D eigenvalue weighted by molar-refractivity contribution is 0.836. The predicted octanol–water partition coefficient (Wildman–Crippen LogP) is 2.22. The molecule has 0 bridgehead atoms. The zero-order valence-electron chi connectivity index (χ0n) is 4.78. The zero-order chi connectivity index (χ0) is 5.70. The van der Waals surface area contributed by atoms with Crippen molar-refractivity contribution in [1.82, 2.24) is 0 Å². The lowest BCUT2D eigenvalue weighted by Gasteiger charge is -1.92. The molecule has 0 atom stereocenters. The lowest BCUT2D eigenvalue weighted by atomic mass is 9.95. The van der Waals surface area contributed by atoms with Crippen molar-refractivity contribution in [1.29, 1.82) is 0 Å². The molecular weight excluding hydrogens is 110 g/mol. The summed E-state index contributed by atoms with van der Waals surface area (Å²) in [5, 5.41) is 0. The highest BCUT2D eigenvalue weighted by molar-refractivity contribution is 8.24. The van der Waals surface area contributed by atoms with Crippen molar-refractivity contribution in [2.24, 2.45) is 0 Å². The normalized spacial score (nSPS) is 9.00. The Morgan fingerprint density at radius 1 is 1.71 bits per heavy atom. The molecule has 0 heterocycles. The number of hydrogen-bond acceptors (Lipinski definition) is 1. The Hall–Kier alpha value is 0.345. The second-order valence-corrected chi connectivity index (χ2v) is 2.42. The van der Waals surface area contributed by atoms with Crippen molar-refractivity contribution >= 4 is 17.9 Å². The van der Waals surface area contributed by atoms with Crippen molar-refractivity contribution in [3.8, 4) is 0 Å². The van der Waals surface area contributed by atoms with Gasteiger partial charge in [-0.15, -0.1) is 0 Å². The summed E-state index contributed by atoms with van der Waals surface area (Å²) in [6.07, 6.45) is 2.80. The maximum absolute atomic E-state index is 12.1. The van der Waals surface area contributed by atoms with Crippen molar-refractivity contribution in [2.75, 3.05) is 6.26 Å². The van der Waals surface area contributed by atoms with E-state index in [0.717, 1.165) is 6.42 Å². The Morgan fingerprint density at radius 2 is 2.29 bits per heavy atom. The SMILES string of the molecule is CCCB(F)SC. The van der Waals surface area contributed by atoms with E-state index in [2.05, 4.69) is 0 Å². The fourth-order valence-corrected chi connectivity index (χ4v) is 0.816. The molecule has 7 heavy (non-hydrogen) atoms. The van der Waals surface area contributed by atoms with Crippen molar-refractivity contribution < 1.29 is 4.32 Å². The molecule has 0 radical (unpaired) electrons. The first-order valence-corrected chi connectivity index (χ1v) is 3.77. The Morgan fingerprint density at radius 3 is 2.43 bits per heavy atom. The standard InChI is InChI=1S/C4H10BFS/c1-3-4-5(6)7-2/h3-4H2,1-2H3. The quantitative estimate of drug-likeness (QED) is 0.514. The monoisotopic (exact) mass is 120 g/mol. The van der Waals surface area contributed by atoms with Crippen LogP contribution in [0.1, 0.15) is 13.3 Å². The Balaban J connectivity index is 2.83. The maximum Gasteiger partial charge on any atom is 0.412 e. The molecule has 0 aromatic rings. The molecule has 0 aliphatic heterocycles. The van der Waals surface area contributed by atoms with Gasteiger partial charge in [-0.05, 0) is 12.6 Å². The molecule has 0 N–H and O–H groups in total. The van der Waals surface area contributed by atoms with Crippen molar-refractivity contribution in [2.45, 2.75) is 19.7 Å². The van der Waals surface area contributed by atoms with Gasteiger partial charge in [0.2, 0.25) is 0 Å². The summed E-state index contributed by atoms with van der Waals surface area (Å²) in [6.45, 7) is 1.99. The summed E-state index contributed by atoms with van der Waals surface area (Å²) in [4.78, 5) is 0. The predicted molar refractivity (Wildman–Crippen MR) is 35.5 cm³/mol. The molecule has 0 aliphatic carbocycles. The average Bonchev–Trinajstić information content (AvgIpc) is 1.68. The van der Waals surface area contributed by atoms with Crippen LogP contribution in [0.5, 0.6) is 0 Å². The topological polar surface area (TPSA) is 0 Å². The van der Waals surface area contributed by atoms with Gasteiger partial charge in [-0.25, -0.2) is 0 Å². The summed E-state index contributed by atoms with van der Waals surface area (Å²) in [5.74, 6) is 0. The highest BCUT2D eigenvalue weighted by atomic mass is 32.2. The van der Waals surface area contributed by atoms with Gasteiger partial charge in [0.15, 0.2) is 0 Å². The molecule has 42 valence electrons. The first-order chi connectivity index (χ1) is 3.31. The second-order valence-electron chi connectivity index (χ2n) is 1.43. The fourth-order valence-electron chi connectivity index (χ4n) is 0.345. The molecule has 0 unspecified atom stereocenters. The van der Waals surface area contributed by atoms with E-state index in [0.29, 0.717) is 6.32 Å². The third kappa shape index (κ3) is 4.19. The largest absolute Gasteiger partial charge is 0.412 e. The third-order valence-corrected chi connectivity index (χ3v) is 1.52. The summed E-state index contributed by atoms with van der Waals surface area (Å²) in [7, 11) is 0. The van der Waals surface area contributed by atoms with Gasteiger partial charge in [0.1, 0.15) is 0 Å². The Labute approximate surface area is 48.9 Å². The van der Waals surface area contributed by atoms with Crippen LogP contribution >= 0.6 is 11.6 Å². The molecular formula is C4H10BFS. The highest BCUT2D eigenvalue weighted by Gasteiger charge is 2.07. The first-order valence-electron chi connectivity index (χ1n) is 2.48. The molecule has 0 rings (SSSR count). The van der Waals surface area contributed by atoms with Crippen LogP contribution in [0.2, 0.25) is 6.32 Å². The number of hydrogen-bond donors (Lipinski definition) is 0. The van der Waals surface area contributed by atoms with E-state index in [4.69, 9.17) is 0 Å². The molecule has 0 saturated heterocycles. The minimum absolute atomic E-state index is 0.634. The van der Waals surface area contributed by atoms with Gasteiger partial charge in [0.25, 0.3) is 0 Å². The Bertz CT molecular complexity index is 42.7. The number of rotatable bonds is 3. The highest BCUT2D eigenvalue weighted by Crippen LogP contribution is 2.09. The lowest BCUT2D eigenvalue weighted by Crippen LogP contribution is -1.95. The molecule has 0 spiro atoms. The number of halogens is 1. The molecule has 0 amide bonds. The van der Waals surface area contributed by atoms with Crippen LogP contribution < -0.4 is 0 Å². The van der Waals surface area contributed by atoms with Crippen LogP contribution in [0.15, 0.2) is 0 Å². The summed E-state index contributed by atoms with van der Waals surface area (Å²) in [6, 6.07) is 0. The first kappa shape index (κ1) is 7.34. The smallest absolute Gasteiger partial charge is 0.320 e. The van der Waals surface area contributed by atoms with Crippen LogP contribution in [0, 0.1) is 0 Å². The van der Waals surface area contributed by atoms with Crippen LogP contribution in [0.3, 0.4) is 0 Å². The molecule has 0 aliphatic rings. The van der Waals surface area contributed by atoms with Gasteiger partial charge < -0.3 is 4.32 Å². The van der Waals surface area contributed by atoms with Gasteiger partial charge in [-0.1, -0.05) is 13.3 Å². The molecule has 0 nitrogen and oxygen atoms in total. The van der Waals surface area contributed by atoms with Crippen LogP contribution in [-0.2, 0) is 0 Å². The van der Waals surface area contributed by atoms with Gasteiger partial charge in [0.05, 0.1) is 0 Å². The van der Waals surface area contributed by atoms with Gasteiger partial charge in [-0.3, -0.25) is 0 Å². The van der Waals surface area contributed by atoms with Gasteiger partial charge >= 0.3 is 6.27 Å². The molecule has 0 saturated carbocycles. The fraction of sp³-hybridized carbons (Fsp3) is 1.00. The van der Waals surface area contributed by atoms with Crippen molar-refractivity contribution in [3.05, 3.63) is 0 Å².